The Morgan fingerprint density at radius 2 is 1.78 bits per heavy atom. The molecule has 2 rings (SSSR count). The van der Waals surface area contributed by atoms with Crippen molar-refractivity contribution in [2.45, 2.75) is 18.9 Å². The zero-order chi connectivity index (χ0) is 13.1. The van der Waals surface area contributed by atoms with Crippen LogP contribution in [0.3, 0.4) is 0 Å². The second-order valence-electron chi connectivity index (χ2n) is 4.15. The van der Waals surface area contributed by atoms with Gasteiger partial charge in [0.1, 0.15) is 11.6 Å². The molecule has 1 nitrogen and oxygen atoms in total. The molecule has 0 spiro atoms. The second-order valence-corrected chi connectivity index (χ2v) is 5.95. The minimum absolute atomic E-state index is 0.180. The third-order valence-electron chi connectivity index (χ3n) is 2.51. The van der Waals surface area contributed by atoms with Crippen molar-refractivity contribution in [3.63, 3.8) is 0 Å². The molecule has 1 aromatic carbocycles. The molecule has 0 amide bonds. The van der Waals surface area contributed by atoms with Crippen LogP contribution in [0.25, 0.3) is 0 Å². The second kappa shape index (κ2) is 5.78. The molecular formula is C13H12ClF2NS. The van der Waals surface area contributed by atoms with Crippen LogP contribution in [0.15, 0.2) is 30.3 Å². The topological polar surface area (TPSA) is 26.0 Å². The van der Waals surface area contributed by atoms with E-state index in [0.29, 0.717) is 22.7 Å². The van der Waals surface area contributed by atoms with Crippen molar-refractivity contribution >= 4 is 22.9 Å². The van der Waals surface area contributed by atoms with Crippen LogP contribution in [0.2, 0.25) is 4.34 Å². The molecule has 2 N–H and O–H groups in total. The Morgan fingerprint density at radius 1 is 1.11 bits per heavy atom. The summed E-state index contributed by atoms with van der Waals surface area (Å²) in [6.45, 7) is 0. The predicted octanol–water partition coefficient (Wildman–Crippen LogP) is 3.79. The summed E-state index contributed by atoms with van der Waals surface area (Å²) in [6.07, 6.45) is 1.08. The lowest BCUT2D eigenvalue weighted by atomic mass is 10.0. The fourth-order valence-electron chi connectivity index (χ4n) is 1.82. The standard InChI is InChI=1S/C13H12ClF2NS/c14-13-2-1-12(18-13)7-11(17)5-8-3-9(15)6-10(16)4-8/h1-4,6,11H,5,7,17H2. The number of halogens is 3. The summed E-state index contributed by atoms with van der Waals surface area (Å²) in [7, 11) is 0. The lowest BCUT2D eigenvalue weighted by Gasteiger charge is -2.10. The van der Waals surface area contributed by atoms with Crippen LogP contribution in [0, 0.1) is 11.6 Å². The van der Waals surface area contributed by atoms with Crippen LogP contribution in [0.4, 0.5) is 8.78 Å². The van der Waals surface area contributed by atoms with Gasteiger partial charge in [-0.1, -0.05) is 11.6 Å². The summed E-state index contributed by atoms with van der Waals surface area (Å²) in [5, 5.41) is 0. The maximum Gasteiger partial charge on any atom is 0.126 e. The van der Waals surface area contributed by atoms with E-state index in [9.17, 15) is 8.78 Å². The van der Waals surface area contributed by atoms with Crippen LogP contribution in [0.5, 0.6) is 0 Å². The highest BCUT2D eigenvalue weighted by Crippen LogP contribution is 2.23. The lowest BCUT2D eigenvalue weighted by molar-refractivity contribution is 0.575. The van der Waals surface area contributed by atoms with E-state index in [2.05, 4.69) is 0 Å². The molecule has 0 saturated heterocycles. The molecule has 5 heteroatoms. The van der Waals surface area contributed by atoms with Crippen molar-refractivity contribution in [1.29, 1.82) is 0 Å². The fourth-order valence-corrected chi connectivity index (χ4v) is 3.00. The molecule has 1 atom stereocenters. The molecule has 0 radical (unpaired) electrons. The first-order valence-electron chi connectivity index (χ1n) is 5.47. The molecule has 2 aromatic rings. The van der Waals surface area contributed by atoms with Gasteiger partial charge in [-0.3, -0.25) is 0 Å². The van der Waals surface area contributed by atoms with E-state index in [1.54, 1.807) is 0 Å². The Bertz CT molecular complexity index is 521. The van der Waals surface area contributed by atoms with Crippen molar-refractivity contribution in [1.82, 2.24) is 0 Å². The third-order valence-corrected chi connectivity index (χ3v) is 3.77. The normalized spacial score (nSPS) is 12.7. The molecular weight excluding hydrogens is 276 g/mol. The Morgan fingerprint density at radius 3 is 2.33 bits per heavy atom. The van der Waals surface area contributed by atoms with Gasteiger partial charge in [0.15, 0.2) is 0 Å². The molecule has 1 unspecified atom stereocenters. The predicted molar refractivity (Wildman–Crippen MR) is 71.1 cm³/mol. The first-order valence-corrected chi connectivity index (χ1v) is 6.67. The Labute approximate surface area is 113 Å². The van der Waals surface area contributed by atoms with Crippen LogP contribution in [-0.4, -0.2) is 6.04 Å². The smallest absolute Gasteiger partial charge is 0.126 e. The lowest BCUT2D eigenvalue weighted by Crippen LogP contribution is -2.25. The van der Waals surface area contributed by atoms with Gasteiger partial charge in [-0.05, 0) is 42.7 Å². The summed E-state index contributed by atoms with van der Waals surface area (Å²) < 4.78 is 26.7. The highest BCUT2D eigenvalue weighted by atomic mass is 35.5. The van der Waals surface area contributed by atoms with Gasteiger partial charge in [-0.15, -0.1) is 11.3 Å². The molecule has 18 heavy (non-hydrogen) atoms. The van der Waals surface area contributed by atoms with Crippen molar-refractivity contribution < 1.29 is 8.78 Å². The molecule has 0 saturated carbocycles. The van der Waals surface area contributed by atoms with Crippen LogP contribution in [-0.2, 0) is 12.8 Å². The molecule has 0 aliphatic rings. The third kappa shape index (κ3) is 3.77. The minimum Gasteiger partial charge on any atom is -0.327 e. The summed E-state index contributed by atoms with van der Waals surface area (Å²) in [5.74, 6) is -1.15. The van der Waals surface area contributed by atoms with E-state index >= 15 is 0 Å². The molecule has 0 fully saturated rings. The number of hydrogen-bond acceptors (Lipinski definition) is 2. The molecule has 1 heterocycles. The van der Waals surface area contributed by atoms with Gasteiger partial charge in [0.05, 0.1) is 4.34 Å². The van der Waals surface area contributed by atoms with Gasteiger partial charge in [0.25, 0.3) is 0 Å². The van der Waals surface area contributed by atoms with Gasteiger partial charge in [0.2, 0.25) is 0 Å². The fraction of sp³-hybridized carbons (Fsp3) is 0.231. The highest BCUT2D eigenvalue weighted by Gasteiger charge is 2.09. The zero-order valence-corrected chi connectivity index (χ0v) is 11.1. The molecule has 0 aliphatic heterocycles. The largest absolute Gasteiger partial charge is 0.327 e. The monoisotopic (exact) mass is 287 g/mol. The van der Waals surface area contributed by atoms with E-state index in [1.807, 2.05) is 12.1 Å². The Kier molecular flexibility index (Phi) is 4.32. The van der Waals surface area contributed by atoms with E-state index in [1.165, 1.54) is 23.5 Å². The van der Waals surface area contributed by atoms with Crippen LogP contribution < -0.4 is 5.73 Å². The zero-order valence-electron chi connectivity index (χ0n) is 9.50. The quantitative estimate of drug-likeness (QED) is 0.910. The number of benzene rings is 1. The van der Waals surface area contributed by atoms with Gasteiger partial charge < -0.3 is 5.73 Å². The molecule has 0 bridgehead atoms. The summed E-state index contributed by atoms with van der Waals surface area (Å²) in [6, 6.07) is 7.03. The van der Waals surface area contributed by atoms with Crippen LogP contribution in [0.1, 0.15) is 10.4 Å². The Balaban J connectivity index is 2.00. The van der Waals surface area contributed by atoms with Gasteiger partial charge in [-0.25, -0.2) is 8.78 Å². The first-order chi connectivity index (χ1) is 8.52. The van der Waals surface area contributed by atoms with E-state index in [0.717, 1.165) is 10.9 Å². The molecule has 1 aromatic heterocycles. The summed E-state index contributed by atoms with van der Waals surface area (Å²) >= 11 is 7.29. The number of hydrogen-bond donors (Lipinski definition) is 1. The maximum absolute atomic E-state index is 13.0. The van der Waals surface area contributed by atoms with Crippen molar-refractivity contribution in [3.05, 3.63) is 56.7 Å². The Hall–Kier alpha value is -0.970. The van der Waals surface area contributed by atoms with Gasteiger partial charge in [-0.2, -0.15) is 0 Å². The number of nitrogens with two attached hydrogens (primary N) is 1. The number of rotatable bonds is 4. The summed E-state index contributed by atoms with van der Waals surface area (Å²) in [5.41, 5.74) is 6.54. The maximum atomic E-state index is 13.0. The minimum atomic E-state index is -0.573. The highest BCUT2D eigenvalue weighted by molar-refractivity contribution is 7.16. The van der Waals surface area contributed by atoms with Crippen molar-refractivity contribution in [3.8, 4) is 0 Å². The SMILES string of the molecule is NC(Cc1cc(F)cc(F)c1)Cc1ccc(Cl)s1. The van der Waals surface area contributed by atoms with E-state index < -0.39 is 11.6 Å². The summed E-state index contributed by atoms with van der Waals surface area (Å²) in [4.78, 5) is 1.07. The van der Waals surface area contributed by atoms with Crippen molar-refractivity contribution in [2.75, 3.05) is 0 Å². The average molecular weight is 288 g/mol. The average Bonchev–Trinajstić information content (AvgIpc) is 2.61. The van der Waals surface area contributed by atoms with Gasteiger partial charge in [0, 0.05) is 17.0 Å². The van der Waals surface area contributed by atoms with Crippen molar-refractivity contribution in [2.24, 2.45) is 5.73 Å². The first kappa shape index (κ1) is 13.5. The van der Waals surface area contributed by atoms with Crippen LogP contribution >= 0.6 is 22.9 Å². The number of thiophene rings is 1. The van der Waals surface area contributed by atoms with Gasteiger partial charge >= 0.3 is 0 Å². The van der Waals surface area contributed by atoms with E-state index in [4.69, 9.17) is 17.3 Å². The molecule has 0 aliphatic carbocycles. The molecule has 96 valence electrons. The van der Waals surface area contributed by atoms with E-state index in [-0.39, 0.29) is 6.04 Å².